The summed E-state index contributed by atoms with van der Waals surface area (Å²) in [6, 6.07) is 12.5. The zero-order valence-electron chi connectivity index (χ0n) is 11.3. The Morgan fingerprint density at radius 2 is 1.90 bits per heavy atom. The largest absolute Gasteiger partial charge is 0.508 e. The van der Waals surface area contributed by atoms with Crippen LogP contribution in [0.4, 0.5) is 0 Å². The lowest BCUT2D eigenvalue weighted by Crippen LogP contribution is -2.18. The van der Waals surface area contributed by atoms with Gasteiger partial charge in [-0.2, -0.15) is 0 Å². The van der Waals surface area contributed by atoms with Gasteiger partial charge in [0.25, 0.3) is 0 Å². The number of halogens is 1. The highest BCUT2D eigenvalue weighted by molar-refractivity contribution is 6.30. The average Bonchev–Trinajstić information content (AvgIpc) is 2.39. The molecule has 0 bridgehead atoms. The van der Waals surface area contributed by atoms with Crippen molar-refractivity contribution in [1.82, 2.24) is 0 Å². The summed E-state index contributed by atoms with van der Waals surface area (Å²) in [4.78, 5) is 0. The quantitative estimate of drug-likeness (QED) is 0.886. The van der Waals surface area contributed by atoms with E-state index in [1.54, 1.807) is 18.2 Å². The molecule has 3 nitrogen and oxygen atoms in total. The van der Waals surface area contributed by atoms with Crippen molar-refractivity contribution < 1.29 is 9.84 Å². The summed E-state index contributed by atoms with van der Waals surface area (Å²) in [5.41, 5.74) is 7.84. The zero-order valence-corrected chi connectivity index (χ0v) is 12.1. The first-order chi connectivity index (χ1) is 9.54. The predicted octanol–water partition coefficient (Wildman–Crippen LogP) is 3.51. The second-order valence-corrected chi connectivity index (χ2v) is 5.33. The van der Waals surface area contributed by atoms with Gasteiger partial charge in [0.1, 0.15) is 18.1 Å². The van der Waals surface area contributed by atoms with Crippen LogP contribution in [0.2, 0.25) is 5.02 Å². The van der Waals surface area contributed by atoms with Gasteiger partial charge in [0.05, 0.1) is 0 Å². The number of phenols is 1. The van der Waals surface area contributed by atoms with Crippen LogP contribution in [0.15, 0.2) is 42.5 Å². The van der Waals surface area contributed by atoms with Crippen LogP contribution in [-0.4, -0.2) is 11.1 Å². The van der Waals surface area contributed by atoms with Crippen LogP contribution >= 0.6 is 11.6 Å². The highest BCUT2D eigenvalue weighted by Crippen LogP contribution is 2.25. The summed E-state index contributed by atoms with van der Waals surface area (Å²) >= 11 is 6.01. The molecule has 0 saturated carbocycles. The van der Waals surface area contributed by atoms with Crippen molar-refractivity contribution in [3.63, 3.8) is 0 Å². The second-order valence-electron chi connectivity index (χ2n) is 4.89. The van der Waals surface area contributed by atoms with E-state index in [4.69, 9.17) is 22.1 Å². The van der Waals surface area contributed by atoms with Gasteiger partial charge in [0.15, 0.2) is 0 Å². The van der Waals surface area contributed by atoms with Gasteiger partial charge in [-0.1, -0.05) is 23.7 Å². The number of ether oxygens (including phenoxy) is 1. The van der Waals surface area contributed by atoms with Crippen molar-refractivity contribution in [3.8, 4) is 11.5 Å². The van der Waals surface area contributed by atoms with Gasteiger partial charge >= 0.3 is 0 Å². The number of benzene rings is 2. The van der Waals surface area contributed by atoms with Crippen LogP contribution in [-0.2, 0) is 13.0 Å². The molecule has 1 atom stereocenters. The summed E-state index contributed by atoms with van der Waals surface area (Å²) < 4.78 is 5.82. The topological polar surface area (TPSA) is 55.5 Å². The van der Waals surface area contributed by atoms with Crippen LogP contribution in [0.1, 0.15) is 18.1 Å². The molecular formula is C16H18ClNO2. The SMILES string of the molecule is CC(N)Cc1cc(Cl)ccc1OCc1ccc(O)cc1. The van der Waals surface area contributed by atoms with Gasteiger partial charge in [-0.15, -0.1) is 0 Å². The van der Waals surface area contributed by atoms with E-state index < -0.39 is 0 Å². The average molecular weight is 292 g/mol. The molecule has 1 unspecified atom stereocenters. The molecule has 2 rings (SSSR count). The fraction of sp³-hybridized carbons (Fsp3) is 0.250. The molecule has 0 amide bonds. The third kappa shape index (κ3) is 4.15. The van der Waals surface area contributed by atoms with E-state index in [1.807, 2.05) is 31.2 Å². The Bertz CT molecular complexity index is 567. The number of rotatable bonds is 5. The zero-order chi connectivity index (χ0) is 14.5. The Kier molecular flexibility index (Phi) is 4.88. The fourth-order valence-electron chi connectivity index (χ4n) is 1.95. The second kappa shape index (κ2) is 6.64. The van der Waals surface area contributed by atoms with Crippen LogP contribution in [0.5, 0.6) is 11.5 Å². The molecule has 0 saturated heterocycles. The minimum atomic E-state index is 0.0458. The Hall–Kier alpha value is -1.71. The number of nitrogens with two attached hydrogens (primary N) is 1. The van der Waals surface area contributed by atoms with Crippen molar-refractivity contribution in [3.05, 3.63) is 58.6 Å². The fourth-order valence-corrected chi connectivity index (χ4v) is 2.14. The van der Waals surface area contributed by atoms with Gasteiger partial charge in [-0.3, -0.25) is 0 Å². The highest BCUT2D eigenvalue weighted by Gasteiger charge is 2.07. The third-order valence-electron chi connectivity index (χ3n) is 2.90. The Labute approximate surface area is 123 Å². The van der Waals surface area contributed by atoms with Crippen molar-refractivity contribution in [2.24, 2.45) is 5.73 Å². The predicted molar refractivity (Wildman–Crippen MR) is 81.2 cm³/mol. The first-order valence-corrected chi connectivity index (χ1v) is 6.87. The smallest absolute Gasteiger partial charge is 0.123 e. The van der Waals surface area contributed by atoms with Gasteiger partial charge in [0.2, 0.25) is 0 Å². The van der Waals surface area contributed by atoms with Crippen molar-refractivity contribution in [1.29, 1.82) is 0 Å². The van der Waals surface area contributed by atoms with E-state index in [0.717, 1.165) is 16.9 Å². The van der Waals surface area contributed by atoms with Crippen LogP contribution in [0, 0.1) is 0 Å². The van der Waals surface area contributed by atoms with Crippen LogP contribution in [0.25, 0.3) is 0 Å². The summed E-state index contributed by atoms with van der Waals surface area (Å²) in [7, 11) is 0. The summed E-state index contributed by atoms with van der Waals surface area (Å²) in [5.74, 6) is 1.04. The van der Waals surface area contributed by atoms with Crippen molar-refractivity contribution in [2.75, 3.05) is 0 Å². The summed E-state index contributed by atoms with van der Waals surface area (Å²) in [6.07, 6.45) is 0.714. The normalized spacial score (nSPS) is 12.2. The number of hydrogen-bond acceptors (Lipinski definition) is 3. The van der Waals surface area contributed by atoms with Gasteiger partial charge in [-0.25, -0.2) is 0 Å². The van der Waals surface area contributed by atoms with E-state index in [2.05, 4.69) is 0 Å². The lowest BCUT2D eigenvalue weighted by Gasteiger charge is -2.13. The van der Waals surface area contributed by atoms with E-state index in [-0.39, 0.29) is 11.8 Å². The van der Waals surface area contributed by atoms with Crippen LogP contribution in [0.3, 0.4) is 0 Å². The molecule has 0 heterocycles. The first-order valence-electron chi connectivity index (χ1n) is 6.49. The third-order valence-corrected chi connectivity index (χ3v) is 3.13. The summed E-state index contributed by atoms with van der Waals surface area (Å²) in [6.45, 7) is 2.39. The van der Waals surface area contributed by atoms with Gasteiger partial charge < -0.3 is 15.6 Å². The Morgan fingerprint density at radius 1 is 1.20 bits per heavy atom. The number of aromatic hydroxyl groups is 1. The molecule has 0 aliphatic carbocycles. The number of phenolic OH excluding ortho intramolecular Hbond substituents is 1. The van der Waals surface area contributed by atoms with Gasteiger partial charge in [-0.05, 0) is 54.8 Å². The molecule has 0 fully saturated rings. The summed E-state index contributed by atoms with van der Waals surface area (Å²) in [5, 5.41) is 9.92. The van der Waals surface area contributed by atoms with Crippen molar-refractivity contribution in [2.45, 2.75) is 26.0 Å². The molecule has 0 aliphatic rings. The first kappa shape index (κ1) is 14.7. The highest BCUT2D eigenvalue weighted by atomic mass is 35.5. The molecule has 4 heteroatoms. The monoisotopic (exact) mass is 291 g/mol. The number of hydrogen-bond donors (Lipinski definition) is 2. The maximum Gasteiger partial charge on any atom is 0.123 e. The van der Waals surface area contributed by atoms with Gasteiger partial charge in [0, 0.05) is 11.1 Å². The molecule has 20 heavy (non-hydrogen) atoms. The standard InChI is InChI=1S/C16H18ClNO2/c1-11(18)8-13-9-14(17)4-7-16(13)20-10-12-2-5-15(19)6-3-12/h2-7,9,11,19H,8,10,18H2,1H3. The van der Waals surface area contributed by atoms with E-state index in [0.29, 0.717) is 18.1 Å². The molecule has 0 aromatic heterocycles. The minimum absolute atomic E-state index is 0.0458. The van der Waals surface area contributed by atoms with Crippen LogP contribution < -0.4 is 10.5 Å². The molecule has 0 radical (unpaired) electrons. The van der Waals surface area contributed by atoms with Crippen molar-refractivity contribution >= 4 is 11.6 Å². The maximum absolute atomic E-state index is 9.25. The molecule has 106 valence electrons. The molecular weight excluding hydrogens is 274 g/mol. The molecule has 0 aliphatic heterocycles. The Balaban J connectivity index is 2.10. The van der Waals surface area contributed by atoms with E-state index in [1.165, 1.54) is 0 Å². The lowest BCUT2D eigenvalue weighted by molar-refractivity contribution is 0.302. The molecule has 2 aromatic rings. The molecule has 3 N–H and O–H groups in total. The minimum Gasteiger partial charge on any atom is -0.508 e. The Morgan fingerprint density at radius 3 is 2.55 bits per heavy atom. The molecule has 2 aromatic carbocycles. The molecule has 0 spiro atoms. The van der Waals surface area contributed by atoms with E-state index in [9.17, 15) is 5.11 Å². The van der Waals surface area contributed by atoms with E-state index >= 15 is 0 Å². The lowest BCUT2D eigenvalue weighted by atomic mass is 10.1. The maximum atomic E-state index is 9.25.